The lowest BCUT2D eigenvalue weighted by atomic mass is 10.1. The fourth-order valence-electron chi connectivity index (χ4n) is 4.16. The van der Waals surface area contributed by atoms with Gasteiger partial charge in [-0.1, -0.05) is 50.2 Å². The molecular formula is C30H36FN3O5S. The van der Waals surface area contributed by atoms with E-state index in [0.717, 1.165) is 4.31 Å². The van der Waals surface area contributed by atoms with Gasteiger partial charge in [0.15, 0.2) is 0 Å². The number of methoxy groups -OCH3 is 1. The van der Waals surface area contributed by atoms with Crippen LogP contribution in [0.25, 0.3) is 0 Å². The number of ether oxygens (including phenoxy) is 1. The SMILES string of the molecule is CC[C@H](C)NC(=O)[C@H](CC)N(Cc1ccc(F)cc1)C(=O)CN(c1cccc(OC)c1)S(=O)(=O)c1ccccc1. The van der Waals surface area contributed by atoms with Crippen LogP contribution in [0.15, 0.2) is 83.8 Å². The zero-order valence-corrected chi connectivity index (χ0v) is 24.0. The summed E-state index contributed by atoms with van der Waals surface area (Å²) in [5, 5.41) is 2.93. The Kier molecular flexibility index (Phi) is 10.7. The fraction of sp³-hybridized carbons (Fsp3) is 0.333. The van der Waals surface area contributed by atoms with E-state index in [0.29, 0.717) is 24.2 Å². The molecule has 0 aromatic heterocycles. The van der Waals surface area contributed by atoms with E-state index in [2.05, 4.69) is 5.32 Å². The van der Waals surface area contributed by atoms with Gasteiger partial charge in [0.25, 0.3) is 10.0 Å². The van der Waals surface area contributed by atoms with Gasteiger partial charge in [0.05, 0.1) is 17.7 Å². The Balaban J connectivity index is 2.06. The van der Waals surface area contributed by atoms with Crippen molar-refractivity contribution in [3.63, 3.8) is 0 Å². The summed E-state index contributed by atoms with van der Waals surface area (Å²) in [5.74, 6) is -0.939. The monoisotopic (exact) mass is 569 g/mol. The van der Waals surface area contributed by atoms with E-state index in [-0.39, 0.29) is 29.1 Å². The number of benzene rings is 3. The lowest BCUT2D eigenvalue weighted by Gasteiger charge is -2.33. The maximum absolute atomic E-state index is 14.0. The second-order valence-corrected chi connectivity index (χ2v) is 11.3. The summed E-state index contributed by atoms with van der Waals surface area (Å²) in [4.78, 5) is 28.7. The van der Waals surface area contributed by atoms with Crippen LogP contribution in [0.1, 0.15) is 39.2 Å². The molecule has 1 N–H and O–H groups in total. The van der Waals surface area contributed by atoms with E-state index >= 15 is 0 Å². The maximum Gasteiger partial charge on any atom is 0.264 e. The number of halogens is 1. The van der Waals surface area contributed by atoms with Gasteiger partial charge < -0.3 is 15.0 Å². The van der Waals surface area contributed by atoms with Crippen molar-refractivity contribution in [2.75, 3.05) is 18.0 Å². The minimum Gasteiger partial charge on any atom is -0.497 e. The highest BCUT2D eigenvalue weighted by Crippen LogP contribution is 2.27. The molecule has 10 heteroatoms. The van der Waals surface area contributed by atoms with Crippen LogP contribution in [0, 0.1) is 5.82 Å². The predicted molar refractivity (Wildman–Crippen MR) is 153 cm³/mol. The quantitative estimate of drug-likeness (QED) is 0.321. The summed E-state index contributed by atoms with van der Waals surface area (Å²) in [7, 11) is -2.72. The molecule has 40 heavy (non-hydrogen) atoms. The first-order valence-electron chi connectivity index (χ1n) is 13.2. The van der Waals surface area contributed by atoms with Crippen molar-refractivity contribution >= 4 is 27.5 Å². The van der Waals surface area contributed by atoms with Crippen molar-refractivity contribution in [1.82, 2.24) is 10.2 Å². The van der Waals surface area contributed by atoms with Crippen LogP contribution >= 0.6 is 0 Å². The van der Waals surface area contributed by atoms with E-state index in [1.165, 1.54) is 54.5 Å². The van der Waals surface area contributed by atoms with Crippen molar-refractivity contribution in [1.29, 1.82) is 0 Å². The Bertz CT molecular complexity index is 1380. The summed E-state index contributed by atoms with van der Waals surface area (Å²) < 4.78 is 47.6. The van der Waals surface area contributed by atoms with Gasteiger partial charge >= 0.3 is 0 Å². The zero-order chi connectivity index (χ0) is 29.3. The Morgan fingerprint density at radius 3 is 2.23 bits per heavy atom. The van der Waals surface area contributed by atoms with Crippen molar-refractivity contribution in [2.45, 2.75) is 57.1 Å². The first kappa shape index (κ1) is 30.6. The molecule has 0 aliphatic carbocycles. The highest BCUT2D eigenvalue weighted by Gasteiger charge is 2.34. The van der Waals surface area contributed by atoms with Crippen LogP contribution in [0.3, 0.4) is 0 Å². The van der Waals surface area contributed by atoms with Crippen molar-refractivity contribution in [3.05, 3.63) is 90.2 Å². The number of rotatable bonds is 13. The summed E-state index contributed by atoms with van der Waals surface area (Å²) in [6, 6.07) is 18.9. The molecule has 0 aliphatic heterocycles. The minimum atomic E-state index is -4.18. The molecule has 3 rings (SSSR count). The Morgan fingerprint density at radius 2 is 1.62 bits per heavy atom. The first-order valence-corrected chi connectivity index (χ1v) is 14.6. The molecule has 3 aromatic rings. The van der Waals surface area contributed by atoms with Gasteiger partial charge in [0.2, 0.25) is 11.8 Å². The molecule has 0 fully saturated rings. The van der Waals surface area contributed by atoms with Gasteiger partial charge in [-0.3, -0.25) is 13.9 Å². The molecule has 0 aliphatic rings. The molecule has 214 valence electrons. The van der Waals surface area contributed by atoms with Crippen molar-refractivity contribution in [3.8, 4) is 5.75 Å². The lowest BCUT2D eigenvalue weighted by Crippen LogP contribution is -2.53. The van der Waals surface area contributed by atoms with Crippen molar-refractivity contribution in [2.24, 2.45) is 0 Å². The summed E-state index contributed by atoms with van der Waals surface area (Å²) >= 11 is 0. The Hall–Kier alpha value is -3.92. The van der Waals surface area contributed by atoms with Crippen LogP contribution in [0.4, 0.5) is 10.1 Å². The van der Waals surface area contributed by atoms with Gasteiger partial charge in [0.1, 0.15) is 24.2 Å². The van der Waals surface area contributed by atoms with Gasteiger partial charge in [-0.15, -0.1) is 0 Å². The van der Waals surface area contributed by atoms with Crippen LogP contribution in [0.5, 0.6) is 5.75 Å². The highest BCUT2D eigenvalue weighted by atomic mass is 32.2. The molecule has 0 saturated heterocycles. The highest BCUT2D eigenvalue weighted by molar-refractivity contribution is 7.92. The molecule has 3 aromatic carbocycles. The molecule has 2 amide bonds. The van der Waals surface area contributed by atoms with Crippen LogP contribution in [-0.4, -0.2) is 50.9 Å². The summed E-state index contributed by atoms with van der Waals surface area (Å²) in [5.41, 5.74) is 0.832. The van der Waals surface area contributed by atoms with Gasteiger partial charge in [0, 0.05) is 18.7 Å². The molecule has 0 spiro atoms. The van der Waals surface area contributed by atoms with Crippen LogP contribution in [-0.2, 0) is 26.2 Å². The Labute approximate surface area is 235 Å². The molecule has 8 nitrogen and oxygen atoms in total. The molecule has 0 bridgehead atoms. The number of hydrogen-bond donors (Lipinski definition) is 1. The second kappa shape index (κ2) is 13.9. The van der Waals surface area contributed by atoms with E-state index in [1.54, 1.807) is 43.3 Å². The number of nitrogens with zero attached hydrogens (tertiary/aromatic N) is 2. The van der Waals surface area contributed by atoms with Crippen LogP contribution < -0.4 is 14.4 Å². The molecule has 0 unspecified atom stereocenters. The van der Waals surface area contributed by atoms with E-state index in [4.69, 9.17) is 4.74 Å². The second-order valence-electron chi connectivity index (χ2n) is 9.42. The average Bonchev–Trinajstić information content (AvgIpc) is 2.96. The number of anilines is 1. The fourth-order valence-corrected chi connectivity index (χ4v) is 5.59. The lowest BCUT2D eigenvalue weighted by molar-refractivity contribution is -0.140. The third-order valence-corrected chi connectivity index (χ3v) is 8.39. The molecule has 0 saturated carbocycles. The van der Waals surface area contributed by atoms with Gasteiger partial charge in [-0.2, -0.15) is 0 Å². The van der Waals surface area contributed by atoms with Crippen LogP contribution in [0.2, 0.25) is 0 Å². The minimum absolute atomic E-state index is 0.0110. The third kappa shape index (κ3) is 7.59. The number of amides is 2. The summed E-state index contributed by atoms with van der Waals surface area (Å²) in [6.45, 7) is 5.01. The molecule has 0 heterocycles. The largest absolute Gasteiger partial charge is 0.497 e. The number of carbonyl (C=O) groups excluding carboxylic acids is 2. The third-order valence-electron chi connectivity index (χ3n) is 6.60. The first-order chi connectivity index (χ1) is 19.1. The van der Waals surface area contributed by atoms with Crippen molar-refractivity contribution < 1.29 is 27.1 Å². The predicted octanol–water partition coefficient (Wildman–Crippen LogP) is 4.75. The Morgan fingerprint density at radius 1 is 0.950 bits per heavy atom. The van der Waals surface area contributed by atoms with E-state index in [1.807, 2.05) is 13.8 Å². The number of sulfonamides is 1. The standard InChI is InChI=1S/C30H36FN3O5S/c1-5-22(3)32-30(36)28(6-2)33(20-23-15-17-24(31)18-16-23)29(35)21-34(25-11-10-12-26(19-25)39-4)40(37,38)27-13-8-7-9-14-27/h7-19,22,28H,5-6,20-21H2,1-4H3,(H,32,36)/t22-,28-/m0/s1. The molecular weight excluding hydrogens is 533 g/mol. The van der Waals surface area contributed by atoms with Gasteiger partial charge in [-0.25, -0.2) is 12.8 Å². The van der Waals surface area contributed by atoms with Gasteiger partial charge in [-0.05, 0) is 61.7 Å². The molecule has 0 radical (unpaired) electrons. The summed E-state index contributed by atoms with van der Waals surface area (Å²) in [6.07, 6.45) is 0.993. The van der Waals surface area contributed by atoms with E-state index in [9.17, 15) is 22.4 Å². The molecule has 2 atom stereocenters. The average molecular weight is 570 g/mol. The number of nitrogens with one attached hydrogen (secondary N) is 1. The topological polar surface area (TPSA) is 96.0 Å². The maximum atomic E-state index is 14.0. The normalized spacial score (nSPS) is 12.7. The number of carbonyl (C=O) groups is 2. The number of hydrogen-bond acceptors (Lipinski definition) is 5. The smallest absolute Gasteiger partial charge is 0.264 e. The van der Waals surface area contributed by atoms with E-state index < -0.39 is 34.3 Å². The zero-order valence-electron chi connectivity index (χ0n) is 23.2.